The fourth-order valence-electron chi connectivity index (χ4n) is 3.30. The van der Waals surface area contributed by atoms with Gasteiger partial charge in [-0.25, -0.2) is 9.78 Å². The van der Waals surface area contributed by atoms with Crippen LogP contribution in [0.25, 0.3) is 11.7 Å². The summed E-state index contributed by atoms with van der Waals surface area (Å²) in [5.74, 6) is 0.501. The summed E-state index contributed by atoms with van der Waals surface area (Å²) >= 11 is 0. The zero-order valence-electron chi connectivity index (χ0n) is 14.5. The molecule has 5 rings (SSSR count). The van der Waals surface area contributed by atoms with Gasteiger partial charge >= 0.3 is 5.69 Å². The minimum Gasteiger partial charge on any atom is -0.493 e. The van der Waals surface area contributed by atoms with Crippen LogP contribution < -0.4 is 21.3 Å². The number of H-pyrrole nitrogens is 2. The van der Waals surface area contributed by atoms with Gasteiger partial charge in [0, 0.05) is 24.4 Å². The Morgan fingerprint density at radius 3 is 2.81 bits per heavy atom. The van der Waals surface area contributed by atoms with Crippen molar-refractivity contribution in [3.8, 4) is 5.88 Å². The molecule has 2 fully saturated rings. The number of imidazole rings is 1. The van der Waals surface area contributed by atoms with Crippen LogP contribution in [0, 0.1) is 0 Å². The van der Waals surface area contributed by atoms with Crippen LogP contribution in [-0.2, 0) is 0 Å². The zero-order chi connectivity index (χ0) is 18.5. The highest BCUT2D eigenvalue weighted by Gasteiger charge is 2.24. The maximum Gasteiger partial charge on any atom is 0.326 e. The number of β-amino-alcohol motifs (C(OH)–C–C–N with tert-alkyl or cyclic N) is 1. The second-order valence-corrected chi connectivity index (χ2v) is 7.04. The number of aliphatic hydroxyl groups is 1. The molecule has 10 nitrogen and oxygen atoms in total. The van der Waals surface area contributed by atoms with Crippen molar-refractivity contribution in [2.75, 3.05) is 18.0 Å². The summed E-state index contributed by atoms with van der Waals surface area (Å²) in [6.45, 7) is 1.26. The van der Waals surface area contributed by atoms with E-state index in [2.05, 4.69) is 15.1 Å². The number of nitrogens with zero attached hydrogens (tertiary/aromatic N) is 5. The molecule has 2 aliphatic rings. The van der Waals surface area contributed by atoms with Crippen molar-refractivity contribution in [3.63, 3.8) is 0 Å². The average molecular weight is 369 g/mol. The molecular formula is C17H19N7O3. The molecule has 27 heavy (non-hydrogen) atoms. The van der Waals surface area contributed by atoms with Crippen molar-refractivity contribution in [2.24, 2.45) is 4.99 Å². The first kappa shape index (κ1) is 16.1. The molecule has 1 atom stereocenters. The van der Waals surface area contributed by atoms with E-state index in [1.54, 1.807) is 16.8 Å². The van der Waals surface area contributed by atoms with Crippen LogP contribution in [-0.4, -0.2) is 60.0 Å². The number of anilines is 1. The fourth-order valence-corrected chi connectivity index (χ4v) is 3.30. The summed E-state index contributed by atoms with van der Waals surface area (Å²) in [6, 6.07) is 2.21. The van der Waals surface area contributed by atoms with Gasteiger partial charge < -0.3 is 20.1 Å². The van der Waals surface area contributed by atoms with Gasteiger partial charge in [-0.3, -0.25) is 9.98 Å². The van der Waals surface area contributed by atoms with Gasteiger partial charge in [-0.2, -0.15) is 9.61 Å². The van der Waals surface area contributed by atoms with Crippen LogP contribution >= 0.6 is 0 Å². The molecule has 0 amide bonds. The maximum absolute atomic E-state index is 11.4. The van der Waals surface area contributed by atoms with Crippen molar-refractivity contribution < 1.29 is 10.2 Å². The van der Waals surface area contributed by atoms with Gasteiger partial charge in [0.25, 0.3) is 0 Å². The summed E-state index contributed by atoms with van der Waals surface area (Å²) in [4.78, 5) is 27.7. The number of hydrogen-bond acceptors (Lipinski definition) is 7. The molecule has 1 saturated heterocycles. The van der Waals surface area contributed by atoms with Crippen LogP contribution in [0.3, 0.4) is 0 Å². The molecule has 3 aromatic heterocycles. The molecule has 0 aromatic carbocycles. The Morgan fingerprint density at radius 1 is 1.30 bits per heavy atom. The van der Waals surface area contributed by atoms with Crippen LogP contribution in [0.15, 0.2) is 22.1 Å². The van der Waals surface area contributed by atoms with E-state index in [1.807, 2.05) is 11.0 Å². The van der Waals surface area contributed by atoms with Gasteiger partial charge in [-0.05, 0) is 25.3 Å². The standard InChI is InChI=1S/C17H19N7O3/c25-11-3-4-23(8-11)13-6-14(19-10-1-2-10)24-15(21-13)9(7-18-24)5-12-16(26)22-17(27)20-12/h5-7,10-11,25-26H,1-4,8H2,(H2,20,22,27). The second kappa shape index (κ2) is 5.95. The van der Waals surface area contributed by atoms with Crippen LogP contribution in [0.4, 0.5) is 5.82 Å². The first-order valence-electron chi connectivity index (χ1n) is 8.95. The second-order valence-electron chi connectivity index (χ2n) is 7.04. The van der Waals surface area contributed by atoms with E-state index in [1.165, 1.54) is 0 Å². The van der Waals surface area contributed by atoms with Crippen molar-refractivity contribution in [1.82, 2.24) is 24.6 Å². The first-order valence-corrected chi connectivity index (χ1v) is 8.95. The molecule has 1 aliphatic heterocycles. The quantitative estimate of drug-likeness (QED) is 0.450. The first-order chi connectivity index (χ1) is 13.1. The number of rotatable bonds is 3. The Hall–Kier alpha value is -3.14. The van der Waals surface area contributed by atoms with E-state index >= 15 is 0 Å². The summed E-state index contributed by atoms with van der Waals surface area (Å²) in [7, 11) is 0. The Kier molecular flexibility index (Phi) is 3.54. The van der Waals surface area contributed by atoms with Gasteiger partial charge in [0.2, 0.25) is 5.88 Å². The number of hydrogen-bond donors (Lipinski definition) is 4. The minimum absolute atomic E-state index is 0.235. The highest BCUT2D eigenvalue weighted by atomic mass is 16.3. The predicted molar refractivity (Wildman–Crippen MR) is 96.3 cm³/mol. The molecule has 4 N–H and O–H groups in total. The van der Waals surface area contributed by atoms with Crippen LogP contribution in [0.5, 0.6) is 5.88 Å². The third-order valence-electron chi connectivity index (χ3n) is 4.85. The highest BCUT2D eigenvalue weighted by molar-refractivity contribution is 5.58. The largest absolute Gasteiger partial charge is 0.493 e. The highest BCUT2D eigenvalue weighted by Crippen LogP contribution is 2.23. The molecule has 3 aromatic rings. The van der Waals surface area contributed by atoms with Gasteiger partial charge in [0.15, 0.2) is 11.1 Å². The van der Waals surface area contributed by atoms with Gasteiger partial charge in [-0.15, -0.1) is 0 Å². The Balaban J connectivity index is 1.71. The Morgan fingerprint density at radius 2 is 2.15 bits per heavy atom. The number of aromatic amines is 2. The van der Waals surface area contributed by atoms with Crippen molar-refractivity contribution >= 4 is 17.5 Å². The van der Waals surface area contributed by atoms with E-state index in [9.17, 15) is 15.0 Å². The summed E-state index contributed by atoms with van der Waals surface area (Å²) < 4.78 is 1.67. The lowest BCUT2D eigenvalue weighted by atomic mass is 10.3. The lowest BCUT2D eigenvalue weighted by Crippen LogP contribution is -2.27. The molecular weight excluding hydrogens is 350 g/mol. The Labute approximate surface area is 152 Å². The number of nitrogens with one attached hydrogen (secondary N) is 2. The zero-order valence-corrected chi connectivity index (χ0v) is 14.5. The third-order valence-corrected chi connectivity index (χ3v) is 4.85. The fraction of sp³-hybridized carbons (Fsp3) is 0.412. The van der Waals surface area contributed by atoms with E-state index in [-0.39, 0.29) is 17.7 Å². The average Bonchev–Trinajstić information content (AvgIpc) is 3.04. The molecule has 0 radical (unpaired) electrons. The number of aromatic nitrogens is 5. The van der Waals surface area contributed by atoms with E-state index in [4.69, 9.17) is 9.98 Å². The maximum atomic E-state index is 11.4. The van der Waals surface area contributed by atoms with E-state index in [0.29, 0.717) is 35.4 Å². The number of aromatic hydroxyl groups is 1. The monoisotopic (exact) mass is 369 g/mol. The minimum atomic E-state index is -0.487. The molecule has 4 heterocycles. The lowest BCUT2D eigenvalue weighted by Gasteiger charge is -2.16. The van der Waals surface area contributed by atoms with E-state index in [0.717, 1.165) is 25.2 Å². The molecule has 10 heteroatoms. The molecule has 140 valence electrons. The van der Waals surface area contributed by atoms with Gasteiger partial charge in [0.05, 0.1) is 18.3 Å². The molecule has 0 spiro atoms. The topological polar surface area (TPSA) is 135 Å². The number of aliphatic hydroxyl groups excluding tert-OH is 1. The molecule has 1 aliphatic carbocycles. The van der Waals surface area contributed by atoms with Crippen molar-refractivity contribution in [2.45, 2.75) is 31.4 Å². The SMILES string of the molecule is O=c1[nH]c(O)c(C=c2cnn3c(=NC4CC4)cc(N4CCC(O)C4)nc23)[nH]1. The third kappa shape index (κ3) is 2.97. The molecule has 1 unspecified atom stereocenters. The lowest BCUT2D eigenvalue weighted by molar-refractivity contribution is 0.198. The van der Waals surface area contributed by atoms with Crippen LogP contribution in [0.1, 0.15) is 25.0 Å². The smallest absolute Gasteiger partial charge is 0.326 e. The van der Waals surface area contributed by atoms with Crippen LogP contribution in [0.2, 0.25) is 0 Å². The number of fused-ring (bicyclic) bond motifs is 1. The summed E-state index contributed by atoms with van der Waals surface area (Å²) in [5.41, 5.74) is 1.07. The molecule has 0 bridgehead atoms. The van der Waals surface area contributed by atoms with Gasteiger partial charge in [-0.1, -0.05) is 0 Å². The summed E-state index contributed by atoms with van der Waals surface area (Å²) in [5, 5.41) is 24.7. The van der Waals surface area contributed by atoms with E-state index < -0.39 is 5.69 Å². The Bertz CT molecular complexity index is 1190. The summed E-state index contributed by atoms with van der Waals surface area (Å²) in [6.07, 6.45) is 5.73. The van der Waals surface area contributed by atoms with Gasteiger partial charge in [0.1, 0.15) is 11.5 Å². The van der Waals surface area contributed by atoms with Crippen molar-refractivity contribution in [3.05, 3.63) is 39.1 Å². The van der Waals surface area contributed by atoms with Crippen molar-refractivity contribution in [1.29, 1.82) is 0 Å². The predicted octanol–water partition coefficient (Wildman–Crippen LogP) is -1.37. The molecule has 1 saturated carbocycles. The normalized spacial score (nSPS) is 21.7.